The maximum Gasteiger partial charge on any atom is 0.328 e. The van der Waals surface area contributed by atoms with E-state index in [4.69, 9.17) is 5.11 Å². The molecule has 0 fully saturated rings. The standard InChI is InChI=1S/C18H14F2N2O4S/c1-27(25,26)13-4-5-14-16(6-7-18(23)24)21-22(17(14)9-13)10-11-2-3-12(19)8-15(11)20/h2-9H,10H2,1H3,(H,23,24)/b7-6+. The van der Waals surface area contributed by atoms with Crippen LogP contribution >= 0.6 is 0 Å². The van der Waals surface area contributed by atoms with Gasteiger partial charge < -0.3 is 5.11 Å². The van der Waals surface area contributed by atoms with E-state index in [1.807, 2.05) is 0 Å². The first-order chi connectivity index (χ1) is 12.6. The van der Waals surface area contributed by atoms with Gasteiger partial charge in [0.25, 0.3) is 0 Å². The monoisotopic (exact) mass is 392 g/mol. The summed E-state index contributed by atoms with van der Waals surface area (Å²) in [5.41, 5.74) is 0.820. The van der Waals surface area contributed by atoms with E-state index in [1.54, 1.807) is 0 Å². The summed E-state index contributed by atoms with van der Waals surface area (Å²) in [6.07, 6.45) is 3.22. The average molecular weight is 392 g/mol. The Hall–Kier alpha value is -3.07. The van der Waals surface area contributed by atoms with E-state index in [9.17, 15) is 22.0 Å². The van der Waals surface area contributed by atoms with Crippen LogP contribution in [0.3, 0.4) is 0 Å². The van der Waals surface area contributed by atoms with Gasteiger partial charge in [-0.05, 0) is 30.3 Å². The molecular formula is C18H14F2N2O4S. The Bertz CT molecular complexity index is 1180. The van der Waals surface area contributed by atoms with Crippen molar-refractivity contribution < 1.29 is 27.1 Å². The van der Waals surface area contributed by atoms with Crippen LogP contribution in [0.5, 0.6) is 0 Å². The highest BCUT2D eigenvalue weighted by molar-refractivity contribution is 7.90. The maximum absolute atomic E-state index is 14.0. The van der Waals surface area contributed by atoms with Crippen LogP contribution in [-0.2, 0) is 21.2 Å². The summed E-state index contributed by atoms with van der Waals surface area (Å²) in [5, 5.41) is 13.6. The molecule has 0 saturated carbocycles. The van der Waals surface area contributed by atoms with Crippen molar-refractivity contribution in [2.75, 3.05) is 6.26 Å². The van der Waals surface area contributed by atoms with Gasteiger partial charge in [-0.2, -0.15) is 5.10 Å². The average Bonchev–Trinajstić information content (AvgIpc) is 2.92. The molecule has 9 heteroatoms. The first kappa shape index (κ1) is 18.7. The first-order valence-corrected chi connectivity index (χ1v) is 9.60. The number of rotatable bonds is 5. The van der Waals surface area contributed by atoms with Crippen molar-refractivity contribution in [3.05, 3.63) is 65.4 Å². The number of benzene rings is 2. The summed E-state index contributed by atoms with van der Waals surface area (Å²) >= 11 is 0. The van der Waals surface area contributed by atoms with Gasteiger partial charge in [-0.3, -0.25) is 4.68 Å². The van der Waals surface area contributed by atoms with E-state index in [1.165, 1.54) is 35.0 Å². The second-order valence-electron chi connectivity index (χ2n) is 5.90. The molecule has 0 bridgehead atoms. The van der Waals surface area contributed by atoms with Crippen molar-refractivity contribution in [2.45, 2.75) is 11.4 Å². The Morgan fingerprint density at radius 1 is 1.22 bits per heavy atom. The second kappa shape index (κ2) is 6.92. The lowest BCUT2D eigenvalue weighted by atomic mass is 10.2. The van der Waals surface area contributed by atoms with Crippen LogP contribution in [0.4, 0.5) is 8.78 Å². The van der Waals surface area contributed by atoms with E-state index < -0.39 is 27.4 Å². The zero-order chi connectivity index (χ0) is 19.8. The molecule has 1 heterocycles. The van der Waals surface area contributed by atoms with Crippen molar-refractivity contribution in [3.8, 4) is 0 Å². The van der Waals surface area contributed by atoms with Crippen LogP contribution < -0.4 is 0 Å². The molecule has 2 aromatic carbocycles. The lowest BCUT2D eigenvalue weighted by Crippen LogP contribution is -2.05. The third-order valence-corrected chi connectivity index (χ3v) is 5.01. The first-order valence-electron chi connectivity index (χ1n) is 7.71. The third kappa shape index (κ3) is 4.03. The van der Waals surface area contributed by atoms with E-state index in [0.717, 1.165) is 24.5 Å². The minimum absolute atomic E-state index is 0.0458. The van der Waals surface area contributed by atoms with E-state index >= 15 is 0 Å². The number of halogens is 2. The van der Waals surface area contributed by atoms with Gasteiger partial charge in [0, 0.05) is 29.3 Å². The van der Waals surface area contributed by atoms with Gasteiger partial charge in [0.15, 0.2) is 9.84 Å². The Labute approximate surface area is 153 Å². The largest absolute Gasteiger partial charge is 0.478 e. The number of nitrogens with zero attached hydrogens (tertiary/aromatic N) is 2. The maximum atomic E-state index is 14.0. The van der Waals surface area contributed by atoms with Gasteiger partial charge in [-0.15, -0.1) is 0 Å². The minimum Gasteiger partial charge on any atom is -0.478 e. The molecule has 0 spiro atoms. The van der Waals surface area contributed by atoms with Crippen LogP contribution in [0.1, 0.15) is 11.3 Å². The highest BCUT2D eigenvalue weighted by Crippen LogP contribution is 2.25. The van der Waals surface area contributed by atoms with Crippen LogP contribution in [-0.4, -0.2) is 35.5 Å². The molecule has 0 radical (unpaired) electrons. The number of aliphatic carboxylic acids is 1. The fourth-order valence-corrected chi connectivity index (χ4v) is 3.26. The van der Waals surface area contributed by atoms with Gasteiger partial charge in [0.2, 0.25) is 0 Å². The topological polar surface area (TPSA) is 89.3 Å². The number of aromatic nitrogens is 2. The molecule has 0 atom stereocenters. The SMILES string of the molecule is CS(=O)(=O)c1ccc2c(/C=C/C(=O)O)nn(Cc3ccc(F)cc3F)c2c1. The Morgan fingerprint density at radius 3 is 2.59 bits per heavy atom. The van der Waals surface area contributed by atoms with Crippen molar-refractivity contribution in [3.63, 3.8) is 0 Å². The molecule has 1 aromatic heterocycles. The van der Waals surface area contributed by atoms with Gasteiger partial charge in [-0.1, -0.05) is 6.07 Å². The van der Waals surface area contributed by atoms with Crippen LogP contribution in [0, 0.1) is 11.6 Å². The zero-order valence-corrected chi connectivity index (χ0v) is 14.9. The molecule has 0 saturated heterocycles. The number of carbonyl (C=O) groups is 1. The highest BCUT2D eigenvalue weighted by Gasteiger charge is 2.15. The number of fused-ring (bicyclic) bond motifs is 1. The highest BCUT2D eigenvalue weighted by atomic mass is 32.2. The molecule has 0 amide bonds. The quantitative estimate of drug-likeness (QED) is 0.675. The Kier molecular flexibility index (Phi) is 4.79. The van der Waals surface area contributed by atoms with E-state index in [0.29, 0.717) is 10.9 Å². The number of carboxylic acids is 1. The smallest absolute Gasteiger partial charge is 0.328 e. The number of carboxylic acid groups (broad SMARTS) is 1. The van der Waals surface area contributed by atoms with Gasteiger partial charge in [0.1, 0.15) is 11.6 Å². The molecule has 6 nitrogen and oxygen atoms in total. The normalized spacial score (nSPS) is 12.1. The minimum atomic E-state index is -3.49. The van der Waals surface area contributed by atoms with Crippen molar-refractivity contribution in [2.24, 2.45) is 0 Å². The van der Waals surface area contributed by atoms with Crippen molar-refractivity contribution in [1.29, 1.82) is 0 Å². The molecule has 27 heavy (non-hydrogen) atoms. The molecule has 0 aliphatic rings. The zero-order valence-electron chi connectivity index (χ0n) is 14.1. The number of hydrogen-bond acceptors (Lipinski definition) is 4. The van der Waals surface area contributed by atoms with Gasteiger partial charge in [-0.25, -0.2) is 22.0 Å². The summed E-state index contributed by atoms with van der Waals surface area (Å²) < 4.78 is 52.1. The molecule has 0 aliphatic heterocycles. The lowest BCUT2D eigenvalue weighted by Gasteiger charge is -2.06. The van der Waals surface area contributed by atoms with Gasteiger partial charge in [0.05, 0.1) is 22.7 Å². The van der Waals surface area contributed by atoms with Crippen LogP contribution in [0.25, 0.3) is 17.0 Å². The van der Waals surface area contributed by atoms with Crippen LogP contribution in [0.15, 0.2) is 47.4 Å². The summed E-state index contributed by atoms with van der Waals surface area (Å²) in [6, 6.07) is 7.41. The molecule has 1 N–H and O–H groups in total. The molecule has 140 valence electrons. The molecular weight excluding hydrogens is 378 g/mol. The predicted octanol–water partition coefficient (Wildman–Crippen LogP) is 2.86. The lowest BCUT2D eigenvalue weighted by molar-refractivity contribution is -0.131. The Morgan fingerprint density at radius 2 is 1.96 bits per heavy atom. The van der Waals surface area contributed by atoms with Gasteiger partial charge >= 0.3 is 5.97 Å². The molecule has 3 rings (SSSR count). The summed E-state index contributed by atoms with van der Waals surface area (Å²) in [7, 11) is -3.49. The predicted molar refractivity (Wildman–Crippen MR) is 95.0 cm³/mol. The molecule has 0 unspecified atom stereocenters. The van der Waals surface area contributed by atoms with Crippen molar-refractivity contribution in [1.82, 2.24) is 9.78 Å². The Balaban J connectivity index is 2.18. The molecule has 3 aromatic rings. The van der Waals surface area contributed by atoms with E-state index in [-0.39, 0.29) is 22.7 Å². The van der Waals surface area contributed by atoms with Crippen LogP contribution in [0.2, 0.25) is 0 Å². The number of hydrogen-bond donors (Lipinski definition) is 1. The second-order valence-corrected chi connectivity index (χ2v) is 7.92. The molecule has 0 aliphatic carbocycles. The number of sulfone groups is 1. The fourth-order valence-electron chi connectivity index (χ4n) is 2.62. The fraction of sp³-hybridized carbons (Fsp3) is 0.111. The third-order valence-electron chi connectivity index (χ3n) is 3.90. The summed E-state index contributed by atoms with van der Waals surface area (Å²) in [6.45, 7) is -0.0866. The summed E-state index contributed by atoms with van der Waals surface area (Å²) in [5.74, 6) is -2.65. The summed E-state index contributed by atoms with van der Waals surface area (Å²) in [4.78, 5) is 10.8. The van der Waals surface area contributed by atoms with E-state index in [2.05, 4.69) is 5.10 Å². The van der Waals surface area contributed by atoms with Crippen molar-refractivity contribution >= 4 is 32.8 Å².